The third-order valence-corrected chi connectivity index (χ3v) is 5.07. The molecule has 3 N–H and O–H groups in total. The molecular weight excluding hydrogens is 432 g/mol. The van der Waals surface area contributed by atoms with Crippen molar-refractivity contribution < 1.29 is 9.59 Å². The van der Waals surface area contributed by atoms with E-state index >= 15 is 0 Å². The van der Waals surface area contributed by atoms with Crippen LogP contribution in [0.1, 0.15) is 16.2 Å². The Morgan fingerprint density at radius 1 is 0.912 bits per heavy atom. The first-order valence-electron chi connectivity index (χ1n) is 10.6. The molecule has 0 aliphatic rings. The zero-order chi connectivity index (χ0) is 24.2. The van der Waals surface area contributed by atoms with Crippen LogP contribution >= 0.6 is 0 Å². The summed E-state index contributed by atoms with van der Waals surface area (Å²) in [5, 5.41) is 13.4. The summed E-state index contributed by atoms with van der Waals surface area (Å²) in [6.45, 7) is 0.718. The van der Waals surface area contributed by atoms with Crippen molar-refractivity contribution in [2.75, 3.05) is 38.8 Å². The average molecular weight is 459 g/mol. The Morgan fingerprint density at radius 3 is 2.44 bits per heavy atom. The van der Waals surface area contributed by atoms with Gasteiger partial charge in [0.05, 0.1) is 35.0 Å². The van der Waals surface area contributed by atoms with Gasteiger partial charge >= 0.3 is 6.03 Å². The highest BCUT2D eigenvalue weighted by Gasteiger charge is 2.16. The van der Waals surface area contributed by atoms with Gasteiger partial charge in [-0.3, -0.25) is 19.9 Å². The van der Waals surface area contributed by atoms with E-state index < -0.39 is 0 Å². The third kappa shape index (κ3) is 5.18. The number of urea groups is 1. The Morgan fingerprint density at radius 2 is 1.74 bits per heavy atom. The minimum absolute atomic E-state index is 0.243. The van der Waals surface area contributed by atoms with E-state index in [0.717, 1.165) is 28.9 Å². The molecule has 0 unspecified atom stereocenters. The Kier molecular flexibility index (Phi) is 6.51. The molecule has 10 nitrogen and oxygen atoms in total. The zero-order valence-corrected chi connectivity index (χ0v) is 19.5. The van der Waals surface area contributed by atoms with Crippen molar-refractivity contribution in [3.05, 3.63) is 66.4 Å². The number of H-pyrrole nitrogens is 1. The summed E-state index contributed by atoms with van der Waals surface area (Å²) in [6, 6.07) is 10.9. The van der Waals surface area contributed by atoms with E-state index in [-0.39, 0.29) is 17.6 Å². The number of benzene rings is 1. The molecule has 3 aromatic heterocycles. The first-order chi connectivity index (χ1) is 16.3. The van der Waals surface area contributed by atoms with Gasteiger partial charge in [0, 0.05) is 37.8 Å². The van der Waals surface area contributed by atoms with Gasteiger partial charge < -0.3 is 20.4 Å². The number of rotatable bonds is 6. The van der Waals surface area contributed by atoms with Gasteiger partial charge in [0.2, 0.25) is 0 Å². The highest BCUT2D eigenvalue weighted by molar-refractivity contribution is 6.11. The number of aromatic amines is 1. The molecule has 10 heteroatoms. The summed E-state index contributed by atoms with van der Waals surface area (Å²) in [5.74, 6) is -0.337. The molecule has 0 fully saturated rings. The fourth-order valence-electron chi connectivity index (χ4n) is 3.37. The van der Waals surface area contributed by atoms with E-state index in [1.54, 1.807) is 32.7 Å². The van der Waals surface area contributed by atoms with Crippen LogP contribution < -0.4 is 10.6 Å². The summed E-state index contributed by atoms with van der Waals surface area (Å²) in [7, 11) is 7.28. The van der Waals surface area contributed by atoms with Crippen molar-refractivity contribution in [3.63, 3.8) is 0 Å². The molecule has 1 aromatic carbocycles. The van der Waals surface area contributed by atoms with Crippen LogP contribution in [0.4, 0.5) is 16.2 Å². The number of nitrogens with one attached hydrogen (secondary N) is 3. The molecule has 0 aliphatic carbocycles. The summed E-state index contributed by atoms with van der Waals surface area (Å²) in [6.07, 6.45) is 4.92. The van der Waals surface area contributed by atoms with E-state index in [9.17, 15) is 9.59 Å². The summed E-state index contributed by atoms with van der Waals surface area (Å²) < 4.78 is 0. The fourth-order valence-corrected chi connectivity index (χ4v) is 3.37. The quantitative estimate of drug-likeness (QED) is 0.407. The number of amides is 3. The maximum Gasteiger partial charge on any atom is 0.321 e. The minimum Gasteiger partial charge on any atom is -0.331 e. The molecular formula is C24H26N8O2. The number of aromatic nitrogens is 4. The lowest BCUT2D eigenvalue weighted by Gasteiger charge is -2.12. The van der Waals surface area contributed by atoms with E-state index in [2.05, 4.69) is 30.8 Å². The van der Waals surface area contributed by atoms with Crippen molar-refractivity contribution in [3.8, 4) is 11.1 Å². The van der Waals surface area contributed by atoms with E-state index in [1.807, 2.05) is 55.4 Å². The van der Waals surface area contributed by atoms with Crippen molar-refractivity contribution in [1.29, 1.82) is 0 Å². The van der Waals surface area contributed by atoms with Gasteiger partial charge in [-0.1, -0.05) is 6.07 Å². The van der Waals surface area contributed by atoms with Gasteiger partial charge in [0.25, 0.3) is 5.91 Å². The van der Waals surface area contributed by atoms with Crippen molar-refractivity contribution in [2.45, 2.75) is 6.54 Å². The first-order valence-corrected chi connectivity index (χ1v) is 10.6. The molecule has 3 amide bonds. The van der Waals surface area contributed by atoms with Crippen LogP contribution in [0.15, 0.2) is 55.0 Å². The molecule has 0 radical (unpaired) electrons. The summed E-state index contributed by atoms with van der Waals surface area (Å²) in [4.78, 5) is 37.0. The van der Waals surface area contributed by atoms with Gasteiger partial charge in [-0.25, -0.2) is 4.79 Å². The lowest BCUT2D eigenvalue weighted by molar-refractivity contribution is 0.102. The maximum atomic E-state index is 12.9. The van der Waals surface area contributed by atoms with E-state index in [0.29, 0.717) is 16.8 Å². The number of carbonyl (C=O) groups excluding carboxylic acids is 2. The number of nitrogens with zero attached hydrogens (tertiary/aromatic N) is 5. The van der Waals surface area contributed by atoms with E-state index in [1.165, 1.54) is 4.90 Å². The fraction of sp³-hybridized carbons (Fsp3) is 0.208. The second kappa shape index (κ2) is 9.67. The third-order valence-electron chi connectivity index (χ3n) is 5.07. The monoisotopic (exact) mass is 458 g/mol. The topological polar surface area (TPSA) is 119 Å². The van der Waals surface area contributed by atoms with Crippen LogP contribution in [-0.2, 0) is 6.54 Å². The highest BCUT2D eigenvalue weighted by atomic mass is 16.2. The number of hydrogen-bond donors (Lipinski definition) is 3. The second-order valence-electron chi connectivity index (χ2n) is 8.35. The Labute approximate surface area is 197 Å². The number of carbonyl (C=O) groups is 2. The molecule has 0 saturated carbocycles. The normalized spacial score (nSPS) is 11.0. The standard InChI is InChI=1S/C24H26N8O2/c1-31(2)14-18-7-6-17(13-26-18)27-23(33)22-20-10-15(5-8-21(20)29-30-22)16-9-19(12-25-11-16)28-24(34)32(3)4/h5-13H,14H2,1-4H3,(H,27,33)(H,28,34)(H,29,30). The Balaban J connectivity index is 1.57. The molecule has 174 valence electrons. The Bertz CT molecular complexity index is 1330. The largest absolute Gasteiger partial charge is 0.331 e. The summed E-state index contributed by atoms with van der Waals surface area (Å²) in [5.41, 5.74) is 4.73. The average Bonchev–Trinajstić information content (AvgIpc) is 3.23. The molecule has 34 heavy (non-hydrogen) atoms. The van der Waals surface area contributed by atoms with Crippen molar-refractivity contribution in [2.24, 2.45) is 0 Å². The summed E-state index contributed by atoms with van der Waals surface area (Å²) >= 11 is 0. The van der Waals surface area contributed by atoms with Crippen LogP contribution in [-0.4, -0.2) is 70.1 Å². The predicted octanol–water partition coefficient (Wildman–Crippen LogP) is 3.43. The lowest BCUT2D eigenvalue weighted by atomic mass is 10.0. The minimum atomic E-state index is -0.337. The smallest absolute Gasteiger partial charge is 0.321 e. The first kappa shape index (κ1) is 22.9. The SMILES string of the molecule is CN(C)Cc1ccc(NC(=O)c2n[nH]c3ccc(-c4cncc(NC(=O)N(C)C)c4)cc23)cn1. The van der Waals surface area contributed by atoms with Gasteiger partial charge in [-0.05, 0) is 50.0 Å². The van der Waals surface area contributed by atoms with Crippen LogP contribution in [0.3, 0.4) is 0 Å². The second-order valence-corrected chi connectivity index (χ2v) is 8.35. The number of anilines is 2. The number of hydrogen-bond acceptors (Lipinski definition) is 6. The van der Waals surface area contributed by atoms with E-state index in [4.69, 9.17) is 0 Å². The van der Waals surface area contributed by atoms with Gasteiger partial charge in [-0.15, -0.1) is 0 Å². The van der Waals surface area contributed by atoms with Crippen LogP contribution in [0.25, 0.3) is 22.0 Å². The molecule has 0 saturated heterocycles. The zero-order valence-electron chi connectivity index (χ0n) is 19.5. The lowest BCUT2D eigenvalue weighted by Crippen LogP contribution is -2.27. The van der Waals surface area contributed by atoms with Crippen LogP contribution in [0.5, 0.6) is 0 Å². The number of fused-ring (bicyclic) bond motifs is 1. The highest BCUT2D eigenvalue weighted by Crippen LogP contribution is 2.27. The van der Waals surface area contributed by atoms with Gasteiger partial charge in [-0.2, -0.15) is 5.10 Å². The molecule has 0 atom stereocenters. The molecule has 4 rings (SSSR count). The van der Waals surface area contributed by atoms with Crippen molar-refractivity contribution >= 4 is 34.2 Å². The molecule has 4 aromatic rings. The van der Waals surface area contributed by atoms with Crippen LogP contribution in [0, 0.1) is 0 Å². The molecule has 0 aliphatic heterocycles. The Hall–Kier alpha value is -4.31. The van der Waals surface area contributed by atoms with Crippen LogP contribution in [0.2, 0.25) is 0 Å². The molecule has 3 heterocycles. The molecule has 0 spiro atoms. The maximum absolute atomic E-state index is 12.9. The van der Waals surface area contributed by atoms with Gasteiger partial charge in [0.15, 0.2) is 5.69 Å². The van der Waals surface area contributed by atoms with Gasteiger partial charge in [0.1, 0.15) is 0 Å². The predicted molar refractivity (Wildman–Crippen MR) is 132 cm³/mol. The van der Waals surface area contributed by atoms with Crippen molar-refractivity contribution in [1.82, 2.24) is 30.0 Å². The number of pyridine rings is 2. The molecule has 0 bridgehead atoms.